The zero-order chi connectivity index (χ0) is 13.0. The fraction of sp³-hybridized carbons (Fsp3) is 0.429. The van der Waals surface area contributed by atoms with Gasteiger partial charge >= 0.3 is 0 Å². The molecule has 0 aromatic heterocycles. The number of piperidine rings is 1. The van der Waals surface area contributed by atoms with Crippen molar-refractivity contribution in [1.82, 2.24) is 4.90 Å². The molecule has 0 atom stereocenters. The van der Waals surface area contributed by atoms with Crippen LogP contribution in [0.4, 0.5) is 11.4 Å². The predicted molar refractivity (Wildman–Crippen MR) is 75.0 cm³/mol. The van der Waals surface area contributed by atoms with Crippen LogP contribution in [0.3, 0.4) is 0 Å². The number of hydrogen-bond acceptors (Lipinski definition) is 3. The third-order valence-corrected chi connectivity index (χ3v) is 3.33. The average molecular weight is 245 g/mol. The van der Waals surface area contributed by atoms with E-state index >= 15 is 0 Å². The zero-order valence-corrected chi connectivity index (χ0v) is 10.8. The molecule has 4 nitrogen and oxygen atoms in total. The number of carbonyl (C=O) groups is 1. The van der Waals surface area contributed by atoms with E-state index in [0.29, 0.717) is 5.56 Å². The Kier molecular flexibility index (Phi) is 3.97. The van der Waals surface area contributed by atoms with Crippen LogP contribution < -0.4 is 5.32 Å². The minimum absolute atomic E-state index is 0.113. The van der Waals surface area contributed by atoms with Gasteiger partial charge in [-0.2, -0.15) is 0 Å². The molecule has 1 aliphatic rings. The van der Waals surface area contributed by atoms with Gasteiger partial charge in [0.2, 0.25) is 0 Å². The number of hydrogen-bond donors (Lipinski definition) is 1. The Morgan fingerprint density at radius 3 is 2.67 bits per heavy atom. The van der Waals surface area contributed by atoms with Crippen LogP contribution >= 0.6 is 0 Å². The highest BCUT2D eigenvalue weighted by Gasteiger charge is 2.18. The molecule has 1 saturated heterocycles. The third kappa shape index (κ3) is 2.53. The van der Waals surface area contributed by atoms with E-state index in [-0.39, 0.29) is 5.91 Å². The summed E-state index contributed by atoms with van der Waals surface area (Å²) in [5.41, 5.74) is 2.33. The van der Waals surface area contributed by atoms with Gasteiger partial charge in [0.05, 0.1) is 11.4 Å². The summed E-state index contributed by atoms with van der Waals surface area (Å²) in [5, 5.41) is 3.04. The number of amides is 1. The first-order valence-electron chi connectivity index (χ1n) is 6.34. The lowest BCUT2D eigenvalue weighted by Gasteiger charge is -2.27. The van der Waals surface area contributed by atoms with Gasteiger partial charge in [-0.25, -0.2) is 0 Å². The summed E-state index contributed by atoms with van der Waals surface area (Å²) in [6.07, 6.45) is 3.44. The number of aliphatic imine (C=N–C) groups is 1. The van der Waals surface area contributed by atoms with Crippen molar-refractivity contribution in [2.24, 2.45) is 4.99 Å². The van der Waals surface area contributed by atoms with E-state index in [1.165, 1.54) is 6.42 Å². The summed E-state index contributed by atoms with van der Waals surface area (Å²) in [6.45, 7) is 5.26. The predicted octanol–water partition coefficient (Wildman–Crippen LogP) is 2.69. The van der Waals surface area contributed by atoms with E-state index in [2.05, 4.69) is 17.0 Å². The van der Waals surface area contributed by atoms with Gasteiger partial charge in [0.15, 0.2) is 0 Å². The highest BCUT2D eigenvalue weighted by atomic mass is 16.2. The Labute approximate surface area is 108 Å². The summed E-state index contributed by atoms with van der Waals surface area (Å²) in [7, 11) is 1.82. The smallest absolute Gasteiger partial charge is 0.253 e. The van der Waals surface area contributed by atoms with Crippen molar-refractivity contribution in [3.05, 3.63) is 23.8 Å². The molecule has 1 fully saturated rings. The molecule has 0 saturated carbocycles. The first-order valence-corrected chi connectivity index (χ1v) is 6.34. The minimum Gasteiger partial charge on any atom is -0.386 e. The van der Waals surface area contributed by atoms with Crippen molar-refractivity contribution in [1.29, 1.82) is 0 Å². The van der Waals surface area contributed by atoms with Crippen molar-refractivity contribution in [3.63, 3.8) is 0 Å². The first kappa shape index (κ1) is 12.6. The first-order chi connectivity index (χ1) is 8.76. The van der Waals surface area contributed by atoms with Crippen molar-refractivity contribution in [3.8, 4) is 0 Å². The molecule has 1 aromatic carbocycles. The van der Waals surface area contributed by atoms with E-state index in [0.717, 1.165) is 37.3 Å². The van der Waals surface area contributed by atoms with Gasteiger partial charge in [-0.3, -0.25) is 9.79 Å². The Balaban J connectivity index is 2.21. The number of carbonyl (C=O) groups excluding carboxylic acids is 1. The summed E-state index contributed by atoms with van der Waals surface area (Å²) in [5.74, 6) is 0.113. The van der Waals surface area contributed by atoms with E-state index in [1.807, 2.05) is 30.1 Å². The van der Waals surface area contributed by atoms with Gasteiger partial charge in [0.1, 0.15) is 0 Å². The SMILES string of the molecule is C=Nc1ccc(C(=O)N2CCCCC2)cc1NC. The summed E-state index contributed by atoms with van der Waals surface area (Å²) in [4.78, 5) is 18.2. The van der Waals surface area contributed by atoms with Crippen molar-refractivity contribution < 1.29 is 4.79 Å². The second-order valence-corrected chi connectivity index (χ2v) is 4.49. The van der Waals surface area contributed by atoms with Crippen molar-refractivity contribution >= 4 is 24.0 Å². The summed E-state index contributed by atoms with van der Waals surface area (Å²) >= 11 is 0. The highest BCUT2D eigenvalue weighted by molar-refractivity contribution is 5.96. The van der Waals surface area contributed by atoms with Crippen LogP contribution in [0.25, 0.3) is 0 Å². The van der Waals surface area contributed by atoms with Crippen LogP contribution in [0.1, 0.15) is 29.6 Å². The maximum atomic E-state index is 12.3. The Morgan fingerprint density at radius 1 is 1.33 bits per heavy atom. The molecule has 4 heteroatoms. The van der Waals surface area contributed by atoms with Crippen LogP contribution in [0, 0.1) is 0 Å². The second-order valence-electron chi connectivity index (χ2n) is 4.49. The number of nitrogens with zero attached hydrogens (tertiary/aromatic N) is 2. The van der Waals surface area contributed by atoms with E-state index < -0.39 is 0 Å². The lowest BCUT2D eigenvalue weighted by atomic mass is 10.1. The van der Waals surface area contributed by atoms with Gasteiger partial charge in [-0.1, -0.05) is 0 Å². The highest BCUT2D eigenvalue weighted by Crippen LogP contribution is 2.26. The van der Waals surface area contributed by atoms with Gasteiger partial charge in [-0.05, 0) is 44.2 Å². The topological polar surface area (TPSA) is 44.7 Å². The molecule has 1 amide bonds. The van der Waals surface area contributed by atoms with Crippen LogP contribution in [0.5, 0.6) is 0 Å². The normalized spacial score (nSPS) is 15.3. The molecule has 96 valence electrons. The zero-order valence-electron chi connectivity index (χ0n) is 10.8. The lowest BCUT2D eigenvalue weighted by molar-refractivity contribution is 0.0724. The Morgan fingerprint density at radius 2 is 2.06 bits per heavy atom. The quantitative estimate of drug-likeness (QED) is 0.832. The van der Waals surface area contributed by atoms with E-state index in [4.69, 9.17) is 0 Å². The standard InChI is InChI=1S/C14H19N3O/c1-15-12-7-6-11(10-13(12)16-2)14(18)17-8-4-3-5-9-17/h6-7,10,16H,1,3-5,8-9H2,2H3. The monoisotopic (exact) mass is 245 g/mol. The third-order valence-electron chi connectivity index (χ3n) is 3.33. The van der Waals surface area contributed by atoms with Crippen LogP contribution in [0.2, 0.25) is 0 Å². The van der Waals surface area contributed by atoms with E-state index in [1.54, 1.807) is 0 Å². The van der Waals surface area contributed by atoms with Gasteiger partial charge in [0.25, 0.3) is 5.91 Å². The Bertz CT molecular complexity index is 450. The molecule has 2 rings (SSSR count). The molecular formula is C14H19N3O. The molecule has 0 unspecified atom stereocenters. The number of likely N-dealkylation sites (tertiary alicyclic amines) is 1. The maximum Gasteiger partial charge on any atom is 0.253 e. The van der Waals surface area contributed by atoms with Crippen molar-refractivity contribution in [2.45, 2.75) is 19.3 Å². The van der Waals surface area contributed by atoms with Crippen LogP contribution in [-0.4, -0.2) is 37.7 Å². The molecular weight excluding hydrogens is 226 g/mol. The molecule has 0 aliphatic carbocycles. The number of nitrogens with one attached hydrogen (secondary N) is 1. The van der Waals surface area contributed by atoms with Gasteiger partial charge < -0.3 is 10.2 Å². The molecule has 1 heterocycles. The molecule has 18 heavy (non-hydrogen) atoms. The second kappa shape index (κ2) is 5.67. The Hall–Kier alpha value is -1.84. The van der Waals surface area contributed by atoms with Crippen LogP contribution in [-0.2, 0) is 0 Å². The number of rotatable bonds is 3. The fourth-order valence-electron chi connectivity index (χ4n) is 2.29. The minimum atomic E-state index is 0.113. The van der Waals surface area contributed by atoms with Gasteiger partial charge in [-0.15, -0.1) is 0 Å². The molecule has 0 bridgehead atoms. The molecule has 1 aliphatic heterocycles. The molecule has 0 radical (unpaired) electrons. The summed E-state index contributed by atoms with van der Waals surface area (Å²) < 4.78 is 0. The van der Waals surface area contributed by atoms with Crippen molar-refractivity contribution in [2.75, 3.05) is 25.5 Å². The lowest BCUT2D eigenvalue weighted by Crippen LogP contribution is -2.35. The van der Waals surface area contributed by atoms with Crippen LogP contribution in [0.15, 0.2) is 23.2 Å². The largest absolute Gasteiger partial charge is 0.386 e. The fourth-order valence-corrected chi connectivity index (χ4v) is 2.29. The maximum absolute atomic E-state index is 12.3. The molecule has 0 spiro atoms. The average Bonchev–Trinajstić information content (AvgIpc) is 2.46. The van der Waals surface area contributed by atoms with E-state index in [9.17, 15) is 4.79 Å². The summed E-state index contributed by atoms with van der Waals surface area (Å²) in [6, 6.07) is 5.50. The number of benzene rings is 1. The molecule has 1 N–H and O–H groups in total. The molecule has 1 aromatic rings. The van der Waals surface area contributed by atoms with Gasteiger partial charge in [0, 0.05) is 25.7 Å². The number of anilines is 1.